The standard InChI is InChI=1S/C16H18N6O2/c1-8-5-6-11(23)9(2)14(8)21-15(18)12(16(19)24)13(17)10-4-3-7-20-22-10/h3-7,23H,17H2,1-2H3,(H2,18,21)(H2,19,24)/b13-12+. The Morgan fingerprint density at radius 1 is 1.17 bits per heavy atom. The Morgan fingerprint density at radius 3 is 2.46 bits per heavy atom. The molecule has 8 heteroatoms. The predicted octanol–water partition coefficient (Wildman–Crippen LogP) is 0.643. The van der Waals surface area contributed by atoms with Gasteiger partial charge in [-0.05, 0) is 37.6 Å². The van der Waals surface area contributed by atoms with Gasteiger partial charge < -0.3 is 22.3 Å². The van der Waals surface area contributed by atoms with Crippen molar-refractivity contribution in [3.63, 3.8) is 0 Å². The van der Waals surface area contributed by atoms with Crippen LogP contribution >= 0.6 is 0 Å². The van der Waals surface area contributed by atoms with E-state index in [2.05, 4.69) is 15.2 Å². The summed E-state index contributed by atoms with van der Waals surface area (Å²) < 4.78 is 0. The zero-order valence-electron chi connectivity index (χ0n) is 13.3. The summed E-state index contributed by atoms with van der Waals surface area (Å²) >= 11 is 0. The lowest BCUT2D eigenvalue weighted by Gasteiger charge is -2.11. The molecular formula is C16H18N6O2. The highest BCUT2D eigenvalue weighted by molar-refractivity contribution is 6.24. The lowest BCUT2D eigenvalue weighted by molar-refractivity contribution is -0.114. The molecule has 0 saturated heterocycles. The van der Waals surface area contributed by atoms with Crippen molar-refractivity contribution in [2.24, 2.45) is 22.2 Å². The molecule has 8 nitrogen and oxygen atoms in total. The highest BCUT2D eigenvalue weighted by atomic mass is 16.3. The van der Waals surface area contributed by atoms with Crippen molar-refractivity contribution in [3.8, 4) is 5.75 Å². The number of primary amides is 1. The third-order valence-corrected chi connectivity index (χ3v) is 3.46. The van der Waals surface area contributed by atoms with Crippen LogP contribution in [0.4, 0.5) is 5.69 Å². The van der Waals surface area contributed by atoms with Crippen molar-refractivity contribution in [2.45, 2.75) is 13.8 Å². The van der Waals surface area contributed by atoms with E-state index < -0.39 is 5.91 Å². The lowest BCUT2D eigenvalue weighted by atomic mass is 10.1. The Bertz CT molecular complexity index is 843. The van der Waals surface area contributed by atoms with E-state index in [0.717, 1.165) is 5.56 Å². The van der Waals surface area contributed by atoms with Gasteiger partial charge in [-0.25, -0.2) is 4.99 Å². The SMILES string of the molecule is Cc1ccc(O)c(C)c1N=C(N)/C(C(N)=O)=C(\N)c1cccnn1. The quantitative estimate of drug-likeness (QED) is 0.367. The molecule has 0 atom stereocenters. The molecule has 0 saturated carbocycles. The molecule has 7 N–H and O–H groups in total. The number of carbonyl (C=O) groups is 1. The van der Waals surface area contributed by atoms with Gasteiger partial charge >= 0.3 is 0 Å². The van der Waals surface area contributed by atoms with Gasteiger partial charge in [0.25, 0.3) is 5.91 Å². The molecule has 24 heavy (non-hydrogen) atoms. The van der Waals surface area contributed by atoms with Crippen LogP contribution < -0.4 is 17.2 Å². The minimum atomic E-state index is -0.838. The van der Waals surface area contributed by atoms with Gasteiger partial charge in [0.15, 0.2) is 0 Å². The number of rotatable bonds is 4. The molecule has 1 aromatic carbocycles. The highest BCUT2D eigenvalue weighted by Gasteiger charge is 2.18. The van der Waals surface area contributed by atoms with E-state index in [1.165, 1.54) is 6.20 Å². The van der Waals surface area contributed by atoms with Crippen molar-refractivity contribution in [3.05, 3.63) is 52.9 Å². The highest BCUT2D eigenvalue weighted by Crippen LogP contribution is 2.31. The van der Waals surface area contributed by atoms with Gasteiger partial charge in [0.05, 0.1) is 11.4 Å². The minimum absolute atomic E-state index is 0.0210. The van der Waals surface area contributed by atoms with E-state index in [0.29, 0.717) is 11.3 Å². The van der Waals surface area contributed by atoms with Gasteiger partial charge in [0.1, 0.15) is 22.9 Å². The summed E-state index contributed by atoms with van der Waals surface area (Å²) in [6.45, 7) is 3.49. The second-order valence-corrected chi connectivity index (χ2v) is 5.13. The maximum absolute atomic E-state index is 11.8. The Hall–Kier alpha value is -3.42. The van der Waals surface area contributed by atoms with E-state index in [-0.39, 0.29) is 28.5 Å². The molecule has 0 aliphatic carbocycles. The average molecular weight is 326 g/mol. The van der Waals surface area contributed by atoms with Crippen molar-refractivity contribution in [2.75, 3.05) is 0 Å². The number of nitrogens with zero attached hydrogens (tertiary/aromatic N) is 3. The van der Waals surface area contributed by atoms with Crippen molar-refractivity contribution >= 4 is 23.1 Å². The Morgan fingerprint density at radius 2 is 1.88 bits per heavy atom. The summed E-state index contributed by atoms with van der Waals surface area (Å²) in [5, 5.41) is 17.3. The molecule has 0 radical (unpaired) electrons. The van der Waals surface area contributed by atoms with Gasteiger partial charge in [-0.2, -0.15) is 5.10 Å². The van der Waals surface area contributed by atoms with Gasteiger partial charge in [-0.1, -0.05) is 6.07 Å². The first-order chi connectivity index (χ1) is 11.3. The van der Waals surface area contributed by atoms with Crippen LogP contribution in [0.1, 0.15) is 16.8 Å². The molecule has 1 heterocycles. The van der Waals surface area contributed by atoms with Crippen molar-refractivity contribution < 1.29 is 9.90 Å². The van der Waals surface area contributed by atoms with E-state index in [4.69, 9.17) is 17.2 Å². The molecule has 0 bridgehead atoms. The zero-order valence-corrected chi connectivity index (χ0v) is 13.3. The number of aromatic nitrogens is 2. The van der Waals surface area contributed by atoms with Crippen LogP contribution in [0.15, 0.2) is 41.0 Å². The number of phenolic OH excluding ortho intramolecular Hbond substituents is 1. The number of amidine groups is 1. The number of amides is 1. The number of phenols is 1. The molecule has 0 unspecified atom stereocenters. The number of hydrogen-bond donors (Lipinski definition) is 4. The number of aryl methyl sites for hydroxylation is 1. The van der Waals surface area contributed by atoms with Crippen LogP contribution in [0.5, 0.6) is 5.75 Å². The molecule has 0 fully saturated rings. The average Bonchev–Trinajstić information content (AvgIpc) is 2.55. The molecule has 0 spiro atoms. The topological polar surface area (TPSA) is 154 Å². The van der Waals surface area contributed by atoms with Crippen LogP contribution in [-0.2, 0) is 4.79 Å². The van der Waals surface area contributed by atoms with Crippen LogP contribution in [0, 0.1) is 13.8 Å². The van der Waals surface area contributed by atoms with Gasteiger partial charge in [-0.15, -0.1) is 5.10 Å². The Kier molecular flexibility index (Phi) is 4.78. The number of nitrogens with two attached hydrogens (primary N) is 3. The van der Waals surface area contributed by atoms with E-state index in [1.807, 2.05) is 0 Å². The monoisotopic (exact) mass is 326 g/mol. The molecule has 2 aromatic rings. The molecule has 2 rings (SSSR count). The summed E-state index contributed by atoms with van der Waals surface area (Å²) in [6, 6.07) is 6.43. The first-order valence-electron chi connectivity index (χ1n) is 7.04. The Labute approximate surface area is 138 Å². The summed E-state index contributed by atoms with van der Waals surface area (Å²) in [4.78, 5) is 16.0. The smallest absolute Gasteiger partial charge is 0.254 e. The van der Waals surface area contributed by atoms with Gasteiger partial charge in [0, 0.05) is 11.8 Å². The Balaban J connectivity index is 2.62. The third-order valence-electron chi connectivity index (χ3n) is 3.46. The second kappa shape index (κ2) is 6.78. The van der Waals surface area contributed by atoms with Crippen LogP contribution in [0.2, 0.25) is 0 Å². The largest absolute Gasteiger partial charge is 0.508 e. The minimum Gasteiger partial charge on any atom is -0.508 e. The fourth-order valence-electron chi connectivity index (χ4n) is 2.14. The summed E-state index contributed by atoms with van der Waals surface area (Å²) in [5.41, 5.74) is 19.2. The lowest BCUT2D eigenvalue weighted by Crippen LogP contribution is -2.29. The zero-order chi connectivity index (χ0) is 17.9. The van der Waals surface area contributed by atoms with E-state index in [1.54, 1.807) is 38.1 Å². The number of hydrogen-bond acceptors (Lipinski definition) is 6. The molecule has 124 valence electrons. The van der Waals surface area contributed by atoms with E-state index >= 15 is 0 Å². The normalized spacial score (nSPS) is 12.7. The first kappa shape index (κ1) is 16.9. The van der Waals surface area contributed by atoms with Crippen LogP contribution in [-0.4, -0.2) is 27.0 Å². The third kappa shape index (κ3) is 3.32. The van der Waals surface area contributed by atoms with Crippen molar-refractivity contribution in [1.29, 1.82) is 0 Å². The summed E-state index contributed by atoms with van der Waals surface area (Å²) in [5.74, 6) is -0.934. The molecule has 1 aromatic heterocycles. The number of benzene rings is 1. The van der Waals surface area contributed by atoms with Gasteiger partial charge in [0.2, 0.25) is 0 Å². The summed E-state index contributed by atoms with van der Waals surface area (Å²) in [7, 11) is 0. The maximum atomic E-state index is 11.8. The first-order valence-corrected chi connectivity index (χ1v) is 7.04. The molecule has 1 amide bonds. The van der Waals surface area contributed by atoms with Crippen molar-refractivity contribution in [1.82, 2.24) is 10.2 Å². The van der Waals surface area contributed by atoms with Gasteiger partial charge in [-0.3, -0.25) is 4.79 Å². The van der Waals surface area contributed by atoms with Crippen LogP contribution in [0.25, 0.3) is 5.70 Å². The summed E-state index contributed by atoms with van der Waals surface area (Å²) in [6.07, 6.45) is 1.47. The molecular weight excluding hydrogens is 308 g/mol. The molecule has 0 aliphatic rings. The second-order valence-electron chi connectivity index (χ2n) is 5.13. The number of aromatic hydroxyl groups is 1. The number of aliphatic imine (C=N–C) groups is 1. The predicted molar refractivity (Wildman–Crippen MR) is 91.2 cm³/mol. The maximum Gasteiger partial charge on any atom is 0.254 e. The number of carbonyl (C=O) groups excluding carboxylic acids is 1. The van der Waals surface area contributed by atoms with Crippen LogP contribution in [0.3, 0.4) is 0 Å². The van der Waals surface area contributed by atoms with E-state index in [9.17, 15) is 9.90 Å². The molecule has 0 aliphatic heterocycles. The fraction of sp³-hybridized carbons (Fsp3) is 0.125. The fourth-order valence-corrected chi connectivity index (χ4v) is 2.14.